The average Bonchev–Trinajstić information content (AvgIpc) is 3.40. The molecule has 2 aromatic heterocycles. The summed E-state index contributed by atoms with van der Waals surface area (Å²) in [6, 6.07) is 18.6. The summed E-state index contributed by atoms with van der Waals surface area (Å²) < 4.78 is 11.1. The van der Waals surface area contributed by atoms with Crippen molar-refractivity contribution in [3.63, 3.8) is 0 Å². The third kappa shape index (κ3) is 4.97. The molecule has 0 bridgehead atoms. The van der Waals surface area contributed by atoms with Crippen LogP contribution in [0, 0.1) is 0 Å². The zero-order chi connectivity index (χ0) is 20.1. The number of nitrogens with one attached hydrogen (secondary N) is 1. The summed E-state index contributed by atoms with van der Waals surface area (Å²) in [5.41, 5.74) is 1.55. The Labute approximate surface area is 171 Å². The molecular weight excluding hydrogens is 386 g/mol. The Balaban J connectivity index is 1.41. The monoisotopic (exact) mass is 403 g/mol. The molecule has 2 aromatic carbocycles. The van der Waals surface area contributed by atoms with Crippen LogP contribution in [0.4, 0.5) is 5.69 Å². The molecule has 4 aromatic rings. The lowest BCUT2D eigenvalue weighted by atomic mass is 10.2. The third-order valence-electron chi connectivity index (χ3n) is 3.90. The van der Waals surface area contributed by atoms with Gasteiger partial charge in [-0.05, 0) is 66.1 Å². The van der Waals surface area contributed by atoms with Gasteiger partial charge in [0.05, 0.1) is 0 Å². The lowest BCUT2D eigenvalue weighted by Gasteiger charge is -2.07. The number of benzene rings is 2. The molecule has 4 rings (SSSR count). The van der Waals surface area contributed by atoms with Crippen LogP contribution in [0.5, 0.6) is 11.5 Å². The van der Waals surface area contributed by atoms with E-state index in [2.05, 4.69) is 15.5 Å². The van der Waals surface area contributed by atoms with Crippen LogP contribution in [-0.4, -0.2) is 16.0 Å². The van der Waals surface area contributed by atoms with Gasteiger partial charge in [-0.15, -0.1) is 11.3 Å². The lowest BCUT2D eigenvalue weighted by molar-refractivity contribution is -0.114. The van der Waals surface area contributed by atoms with Crippen LogP contribution in [0.1, 0.15) is 17.7 Å². The minimum Gasteiger partial charge on any atom is -0.457 e. The molecule has 1 amide bonds. The number of amides is 1. The van der Waals surface area contributed by atoms with Gasteiger partial charge in [-0.1, -0.05) is 11.2 Å². The average molecular weight is 403 g/mol. The Hall–Kier alpha value is -3.71. The fourth-order valence-electron chi connectivity index (χ4n) is 2.58. The molecule has 0 radical (unpaired) electrons. The first-order valence-electron chi connectivity index (χ1n) is 8.87. The number of hydrogen-bond acceptors (Lipinski definition) is 6. The number of ether oxygens (including phenoxy) is 1. The summed E-state index contributed by atoms with van der Waals surface area (Å²) in [6.07, 6.45) is 3.74. The summed E-state index contributed by atoms with van der Waals surface area (Å²) in [6.45, 7) is 1.47. The van der Waals surface area contributed by atoms with Gasteiger partial charge in [-0.2, -0.15) is 4.98 Å². The molecule has 144 valence electrons. The van der Waals surface area contributed by atoms with E-state index in [1.54, 1.807) is 41.7 Å². The number of carbonyl (C=O) groups is 1. The molecule has 1 N–H and O–H groups in total. The molecule has 29 heavy (non-hydrogen) atoms. The second-order valence-corrected chi connectivity index (χ2v) is 7.12. The fourth-order valence-corrected chi connectivity index (χ4v) is 3.20. The van der Waals surface area contributed by atoms with E-state index < -0.39 is 0 Å². The molecule has 0 aliphatic carbocycles. The van der Waals surface area contributed by atoms with Gasteiger partial charge in [0.2, 0.25) is 11.7 Å². The molecule has 0 aliphatic rings. The maximum Gasteiger partial charge on any atom is 0.250 e. The van der Waals surface area contributed by atoms with Crippen LogP contribution in [0.25, 0.3) is 23.5 Å². The topological polar surface area (TPSA) is 77.2 Å². The third-order valence-corrected chi connectivity index (χ3v) is 4.74. The SMILES string of the molecule is CC(=O)Nc1ccc(Oc2ccc(-c3noc(C=Cc4cccs4)n3)cc2)cc1. The maximum absolute atomic E-state index is 11.1. The van der Waals surface area contributed by atoms with Gasteiger partial charge in [0.15, 0.2) is 0 Å². The minimum absolute atomic E-state index is 0.110. The van der Waals surface area contributed by atoms with Gasteiger partial charge < -0.3 is 14.6 Å². The van der Waals surface area contributed by atoms with Crippen molar-refractivity contribution < 1.29 is 14.1 Å². The summed E-state index contributed by atoms with van der Waals surface area (Å²) >= 11 is 1.64. The van der Waals surface area contributed by atoms with Crippen LogP contribution in [-0.2, 0) is 4.79 Å². The van der Waals surface area contributed by atoms with Crippen LogP contribution < -0.4 is 10.1 Å². The Kier molecular flexibility index (Phi) is 5.49. The Bertz CT molecular complexity index is 1120. The van der Waals surface area contributed by atoms with E-state index in [4.69, 9.17) is 9.26 Å². The number of thiophene rings is 1. The number of hydrogen-bond donors (Lipinski definition) is 1. The molecule has 0 atom stereocenters. The van der Waals surface area contributed by atoms with E-state index in [9.17, 15) is 4.79 Å². The first-order chi connectivity index (χ1) is 14.2. The van der Waals surface area contributed by atoms with E-state index in [-0.39, 0.29) is 5.91 Å². The van der Waals surface area contributed by atoms with Crippen molar-refractivity contribution in [2.24, 2.45) is 0 Å². The van der Waals surface area contributed by atoms with Gasteiger partial charge in [0.1, 0.15) is 11.5 Å². The molecule has 0 unspecified atom stereocenters. The lowest BCUT2D eigenvalue weighted by Crippen LogP contribution is -2.05. The quantitative estimate of drug-likeness (QED) is 0.445. The van der Waals surface area contributed by atoms with Crippen molar-refractivity contribution in [3.8, 4) is 22.9 Å². The highest BCUT2D eigenvalue weighted by Crippen LogP contribution is 2.26. The van der Waals surface area contributed by atoms with Gasteiger partial charge in [0, 0.05) is 29.1 Å². The second kappa shape index (κ2) is 8.53. The Morgan fingerprint density at radius 1 is 1.03 bits per heavy atom. The van der Waals surface area contributed by atoms with Gasteiger partial charge in [-0.25, -0.2) is 0 Å². The summed E-state index contributed by atoms with van der Waals surface area (Å²) in [5.74, 6) is 2.21. The molecular formula is C22H17N3O3S. The van der Waals surface area contributed by atoms with Crippen LogP contribution in [0.2, 0.25) is 0 Å². The number of rotatable bonds is 6. The number of anilines is 1. The first kappa shape index (κ1) is 18.6. The summed E-state index contributed by atoms with van der Waals surface area (Å²) in [7, 11) is 0. The Morgan fingerprint density at radius 3 is 2.41 bits per heavy atom. The molecule has 0 fully saturated rings. The molecule has 0 spiro atoms. The van der Waals surface area contributed by atoms with Gasteiger partial charge in [0.25, 0.3) is 5.89 Å². The molecule has 0 aliphatic heterocycles. The van der Waals surface area contributed by atoms with E-state index in [1.807, 2.05) is 47.9 Å². The molecule has 7 heteroatoms. The van der Waals surface area contributed by atoms with Crippen LogP contribution in [0.3, 0.4) is 0 Å². The summed E-state index contributed by atoms with van der Waals surface area (Å²) in [5, 5.41) is 8.76. The highest BCUT2D eigenvalue weighted by atomic mass is 32.1. The standard InChI is InChI=1S/C22H17N3O3S/c1-15(26)23-17-6-10-19(11-7-17)27-18-8-4-16(5-9-18)22-24-21(28-25-22)13-12-20-3-2-14-29-20/h2-14H,1H3,(H,23,26). The fraction of sp³-hybridized carbons (Fsp3) is 0.0455. The van der Waals surface area contributed by atoms with Crippen molar-refractivity contribution in [1.82, 2.24) is 10.1 Å². The normalized spacial score (nSPS) is 10.9. The minimum atomic E-state index is -0.110. The smallest absolute Gasteiger partial charge is 0.250 e. The van der Waals surface area contributed by atoms with E-state index in [1.165, 1.54) is 6.92 Å². The van der Waals surface area contributed by atoms with Crippen molar-refractivity contribution in [3.05, 3.63) is 76.8 Å². The zero-order valence-electron chi connectivity index (χ0n) is 15.5. The maximum atomic E-state index is 11.1. The molecule has 6 nitrogen and oxygen atoms in total. The number of carbonyl (C=O) groups excluding carboxylic acids is 1. The van der Waals surface area contributed by atoms with Crippen LogP contribution >= 0.6 is 11.3 Å². The second-order valence-electron chi connectivity index (χ2n) is 6.14. The highest BCUT2D eigenvalue weighted by molar-refractivity contribution is 7.10. The predicted octanol–water partition coefficient (Wildman–Crippen LogP) is 5.72. The molecule has 2 heterocycles. The zero-order valence-corrected chi connectivity index (χ0v) is 16.3. The molecule has 0 saturated heterocycles. The summed E-state index contributed by atoms with van der Waals surface area (Å²) in [4.78, 5) is 16.6. The number of nitrogens with zero attached hydrogens (tertiary/aromatic N) is 2. The van der Waals surface area contributed by atoms with Gasteiger partial charge >= 0.3 is 0 Å². The number of aromatic nitrogens is 2. The van der Waals surface area contributed by atoms with E-state index in [0.29, 0.717) is 23.2 Å². The van der Waals surface area contributed by atoms with Crippen LogP contribution in [0.15, 0.2) is 70.6 Å². The van der Waals surface area contributed by atoms with E-state index >= 15 is 0 Å². The predicted molar refractivity (Wildman–Crippen MR) is 114 cm³/mol. The van der Waals surface area contributed by atoms with Crippen molar-refractivity contribution in [2.75, 3.05) is 5.32 Å². The van der Waals surface area contributed by atoms with Crippen molar-refractivity contribution in [1.29, 1.82) is 0 Å². The van der Waals surface area contributed by atoms with Crippen molar-refractivity contribution in [2.45, 2.75) is 6.92 Å². The van der Waals surface area contributed by atoms with E-state index in [0.717, 1.165) is 16.1 Å². The first-order valence-corrected chi connectivity index (χ1v) is 9.75. The van der Waals surface area contributed by atoms with Gasteiger partial charge in [-0.3, -0.25) is 4.79 Å². The highest BCUT2D eigenvalue weighted by Gasteiger charge is 2.07. The van der Waals surface area contributed by atoms with Crippen molar-refractivity contribution >= 4 is 35.1 Å². The largest absolute Gasteiger partial charge is 0.457 e. The Morgan fingerprint density at radius 2 is 1.76 bits per heavy atom. The molecule has 0 saturated carbocycles.